The van der Waals surface area contributed by atoms with Gasteiger partial charge in [-0.05, 0) is 25.0 Å². The molecule has 0 unspecified atom stereocenters. The number of para-hydroxylation sites is 1. The van der Waals surface area contributed by atoms with Gasteiger partial charge in [0.1, 0.15) is 5.75 Å². The predicted octanol–water partition coefficient (Wildman–Crippen LogP) is 3.01. The highest BCUT2D eigenvalue weighted by Crippen LogP contribution is 2.46. The fourth-order valence-electron chi connectivity index (χ4n) is 3.74. The minimum absolute atomic E-state index is 0.0443. The third-order valence-electron chi connectivity index (χ3n) is 5.46. The molecule has 1 aromatic carbocycles. The highest BCUT2D eigenvalue weighted by Gasteiger charge is 2.53. The van der Waals surface area contributed by atoms with Crippen LogP contribution in [0.1, 0.15) is 39.8 Å². The van der Waals surface area contributed by atoms with Crippen molar-refractivity contribution in [2.45, 2.75) is 51.5 Å². The molecule has 150 valence electrons. The van der Waals surface area contributed by atoms with Gasteiger partial charge in [-0.2, -0.15) is 0 Å². The topological polar surface area (TPSA) is 82.6 Å². The summed E-state index contributed by atoms with van der Waals surface area (Å²) in [6, 6.07) is 10.4. The van der Waals surface area contributed by atoms with Crippen molar-refractivity contribution in [1.82, 2.24) is 9.55 Å². The highest BCUT2D eigenvalue weighted by molar-refractivity contribution is 7.79. The van der Waals surface area contributed by atoms with Crippen molar-refractivity contribution >= 4 is 17.5 Å². The van der Waals surface area contributed by atoms with Crippen LogP contribution in [0, 0.1) is 5.92 Å². The molecule has 8 heteroatoms. The van der Waals surface area contributed by atoms with E-state index >= 15 is 0 Å². The zero-order chi connectivity index (χ0) is 20.3. The number of rotatable bonds is 5. The Labute approximate surface area is 168 Å². The van der Waals surface area contributed by atoms with Crippen LogP contribution >= 0.6 is 12.2 Å². The first-order valence-electron chi connectivity index (χ1n) is 9.33. The number of H-pyrrole nitrogens is 1. The molecule has 1 aliphatic rings. The van der Waals surface area contributed by atoms with Crippen molar-refractivity contribution in [1.29, 1.82) is 0 Å². The zero-order valence-electron chi connectivity index (χ0n) is 16.1. The van der Waals surface area contributed by atoms with E-state index in [9.17, 15) is 9.59 Å². The summed E-state index contributed by atoms with van der Waals surface area (Å²) in [5.41, 5.74) is -1.51. The van der Waals surface area contributed by atoms with Gasteiger partial charge in [0.2, 0.25) is 0 Å². The zero-order valence-corrected chi connectivity index (χ0v) is 16.9. The van der Waals surface area contributed by atoms with Gasteiger partial charge in [0.15, 0.2) is 12.3 Å². The van der Waals surface area contributed by atoms with E-state index in [0.717, 1.165) is 12.8 Å². The first kappa shape index (κ1) is 20.3. The standard InChI is InChI=1S/C20H24N2O5S/c1-4-20(5-2)13(3)16(26-19(28)25-14-9-7-6-8-10-14)17(27-20)22-12-11-15(23)21-18(22)24/h6-13,16-17H,4-5H2,1-3H3,(H,21,23,24)/t13-,16+,17+/m0/s1. The monoisotopic (exact) mass is 404 g/mol. The van der Waals surface area contributed by atoms with Gasteiger partial charge < -0.3 is 14.2 Å². The Morgan fingerprint density at radius 1 is 1.21 bits per heavy atom. The van der Waals surface area contributed by atoms with Crippen LogP contribution in [0.15, 0.2) is 52.2 Å². The Kier molecular flexibility index (Phi) is 6.00. The smallest absolute Gasteiger partial charge is 0.358 e. The molecule has 1 fully saturated rings. The molecule has 0 bridgehead atoms. The molecule has 0 aliphatic carbocycles. The molecule has 28 heavy (non-hydrogen) atoms. The van der Waals surface area contributed by atoms with Gasteiger partial charge in [-0.15, -0.1) is 0 Å². The number of hydrogen-bond donors (Lipinski definition) is 1. The lowest BCUT2D eigenvalue weighted by Crippen LogP contribution is -2.38. The predicted molar refractivity (Wildman–Crippen MR) is 108 cm³/mol. The lowest BCUT2D eigenvalue weighted by atomic mass is 9.83. The SMILES string of the molecule is CCC1(CC)O[C@@H](n2ccc(=O)[nH]c2=O)[C@H](OC(=S)Oc2ccccc2)[C@@H]1C. The Morgan fingerprint density at radius 3 is 2.50 bits per heavy atom. The second-order valence-corrected chi connectivity index (χ2v) is 7.17. The van der Waals surface area contributed by atoms with Crippen LogP contribution in [-0.2, 0) is 9.47 Å². The molecular formula is C20H24N2O5S. The van der Waals surface area contributed by atoms with Crippen molar-refractivity contribution < 1.29 is 14.2 Å². The fraction of sp³-hybridized carbons (Fsp3) is 0.450. The molecule has 1 aliphatic heterocycles. The number of nitrogens with one attached hydrogen (secondary N) is 1. The van der Waals surface area contributed by atoms with Crippen LogP contribution in [-0.4, -0.2) is 26.5 Å². The van der Waals surface area contributed by atoms with E-state index < -0.39 is 29.2 Å². The summed E-state index contributed by atoms with van der Waals surface area (Å²) in [5.74, 6) is 0.498. The number of ether oxygens (including phenoxy) is 3. The number of benzene rings is 1. The van der Waals surface area contributed by atoms with Crippen molar-refractivity contribution in [3.05, 3.63) is 63.4 Å². The lowest BCUT2D eigenvalue weighted by Gasteiger charge is -2.30. The molecule has 2 aromatic rings. The van der Waals surface area contributed by atoms with Gasteiger partial charge in [0.25, 0.3) is 5.56 Å². The van der Waals surface area contributed by atoms with Gasteiger partial charge in [0, 0.05) is 30.4 Å². The van der Waals surface area contributed by atoms with Crippen molar-refractivity contribution in [3.8, 4) is 5.75 Å². The summed E-state index contributed by atoms with van der Waals surface area (Å²) >= 11 is 5.28. The molecule has 1 N–H and O–H groups in total. The molecule has 7 nitrogen and oxygen atoms in total. The summed E-state index contributed by atoms with van der Waals surface area (Å²) in [7, 11) is 0. The highest BCUT2D eigenvalue weighted by atomic mass is 32.1. The van der Waals surface area contributed by atoms with Crippen molar-refractivity contribution in [2.75, 3.05) is 0 Å². The number of aromatic amines is 1. The van der Waals surface area contributed by atoms with Crippen LogP contribution < -0.4 is 16.0 Å². The first-order valence-corrected chi connectivity index (χ1v) is 9.74. The Morgan fingerprint density at radius 2 is 1.89 bits per heavy atom. The summed E-state index contributed by atoms with van der Waals surface area (Å²) < 4.78 is 19.2. The maximum atomic E-state index is 12.4. The van der Waals surface area contributed by atoms with Gasteiger partial charge in [-0.1, -0.05) is 39.0 Å². The van der Waals surface area contributed by atoms with Gasteiger partial charge >= 0.3 is 10.9 Å². The number of hydrogen-bond acceptors (Lipinski definition) is 6. The number of thiocarbonyl (C=S) groups is 1. The van der Waals surface area contributed by atoms with Crippen molar-refractivity contribution in [3.63, 3.8) is 0 Å². The molecule has 2 heterocycles. The molecule has 0 amide bonds. The second-order valence-electron chi connectivity index (χ2n) is 6.83. The fourth-order valence-corrected chi connectivity index (χ4v) is 3.95. The summed E-state index contributed by atoms with van der Waals surface area (Å²) in [6.45, 7) is 6.08. The lowest BCUT2D eigenvalue weighted by molar-refractivity contribution is -0.0977. The molecule has 3 rings (SSSR count). The summed E-state index contributed by atoms with van der Waals surface area (Å²) in [4.78, 5) is 26.1. The van der Waals surface area contributed by atoms with E-state index in [2.05, 4.69) is 4.98 Å². The molecule has 0 saturated carbocycles. The van der Waals surface area contributed by atoms with Crippen molar-refractivity contribution in [2.24, 2.45) is 5.92 Å². The van der Waals surface area contributed by atoms with E-state index in [1.165, 1.54) is 16.8 Å². The summed E-state index contributed by atoms with van der Waals surface area (Å²) in [6.07, 6.45) is 1.60. The third kappa shape index (κ3) is 3.88. The molecule has 1 aromatic heterocycles. The Bertz CT molecular complexity index is 935. The number of nitrogens with zero attached hydrogens (tertiary/aromatic N) is 1. The van der Waals surface area contributed by atoms with Gasteiger partial charge in [-0.25, -0.2) is 4.79 Å². The van der Waals surface area contributed by atoms with E-state index in [4.69, 9.17) is 26.4 Å². The van der Waals surface area contributed by atoms with E-state index in [1.807, 2.05) is 39.0 Å². The molecule has 0 spiro atoms. The number of aromatic nitrogens is 2. The van der Waals surface area contributed by atoms with Crippen LogP contribution in [0.25, 0.3) is 0 Å². The molecule has 1 saturated heterocycles. The minimum Gasteiger partial charge on any atom is -0.448 e. The van der Waals surface area contributed by atoms with Crippen LogP contribution in [0.3, 0.4) is 0 Å². The maximum absolute atomic E-state index is 12.4. The largest absolute Gasteiger partial charge is 0.448 e. The molecule has 3 atom stereocenters. The quantitative estimate of drug-likeness (QED) is 0.772. The maximum Gasteiger partial charge on any atom is 0.358 e. The Hall–Kier alpha value is -2.45. The normalized spacial score (nSPS) is 23.3. The first-order chi connectivity index (χ1) is 13.4. The van der Waals surface area contributed by atoms with E-state index in [1.54, 1.807) is 12.1 Å². The Balaban J connectivity index is 1.90. The van der Waals surface area contributed by atoms with Crippen LogP contribution in [0.2, 0.25) is 0 Å². The second kappa shape index (κ2) is 8.28. The summed E-state index contributed by atoms with van der Waals surface area (Å²) in [5, 5.41) is -0.0443. The average molecular weight is 404 g/mol. The molecule has 0 radical (unpaired) electrons. The van der Waals surface area contributed by atoms with Crippen LogP contribution in [0.5, 0.6) is 5.75 Å². The average Bonchev–Trinajstić information content (AvgIpc) is 2.95. The van der Waals surface area contributed by atoms with E-state index in [-0.39, 0.29) is 11.2 Å². The van der Waals surface area contributed by atoms with Gasteiger partial charge in [0.05, 0.1) is 5.60 Å². The third-order valence-corrected chi connectivity index (χ3v) is 5.64. The van der Waals surface area contributed by atoms with Crippen LogP contribution in [0.4, 0.5) is 0 Å². The van der Waals surface area contributed by atoms with Gasteiger partial charge in [-0.3, -0.25) is 14.3 Å². The minimum atomic E-state index is -0.739. The molecular weight excluding hydrogens is 380 g/mol. The van der Waals surface area contributed by atoms with E-state index in [0.29, 0.717) is 5.75 Å².